The highest BCUT2D eigenvalue weighted by Crippen LogP contribution is 2.32. The lowest BCUT2D eigenvalue weighted by molar-refractivity contribution is 0.367. The van der Waals surface area contributed by atoms with Gasteiger partial charge in [0, 0.05) is 6.07 Å². The number of hydrogen-bond acceptors (Lipinski definition) is 7. The second kappa shape index (κ2) is 6.70. The van der Waals surface area contributed by atoms with E-state index in [2.05, 4.69) is 15.5 Å². The molecule has 0 radical (unpaired) electrons. The molecule has 0 bridgehead atoms. The largest absolute Gasteiger partial charge is 0.497 e. The monoisotopic (exact) mass is 331 g/mol. The lowest BCUT2D eigenvalue weighted by atomic mass is 10.2. The second-order valence-electron chi connectivity index (χ2n) is 4.87. The van der Waals surface area contributed by atoms with Crippen molar-refractivity contribution in [1.82, 2.24) is 10.1 Å². The third kappa shape index (κ3) is 3.29. The highest BCUT2D eigenvalue weighted by molar-refractivity contribution is 7.13. The molecule has 0 saturated heterocycles. The molecule has 6 nitrogen and oxygen atoms in total. The fourth-order valence-electron chi connectivity index (χ4n) is 2.13. The zero-order valence-electron chi connectivity index (χ0n) is 13.1. The number of aromatic nitrogens is 2. The van der Waals surface area contributed by atoms with Crippen molar-refractivity contribution >= 4 is 17.0 Å². The first-order chi connectivity index (χ1) is 11.2. The van der Waals surface area contributed by atoms with Crippen molar-refractivity contribution in [2.24, 2.45) is 0 Å². The van der Waals surface area contributed by atoms with Crippen LogP contribution in [0.15, 0.2) is 40.2 Å². The number of thiophene rings is 1. The average molecular weight is 331 g/mol. The van der Waals surface area contributed by atoms with Gasteiger partial charge in [0.2, 0.25) is 11.7 Å². The fraction of sp³-hybridized carbons (Fsp3) is 0.250. The van der Waals surface area contributed by atoms with Gasteiger partial charge in [-0.1, -0.05) is 11.2 Å². The van der Waals surface area contributed by atoms with Crippen LogP contribution in [0.4, 0.5) is 5.69 Å². The molecule has 3 rings (SSSR count). The van der Waals surface area contributed by atoms with Crippen molar-refractivity contribution in [2.75, 3.05) is 19.5 Å². The Labute approximate surface area is 138 Å². The molecule has 2 aromatic heterocycles. The first-order valence-electron chi connectivity index (χ1n) is 7.07. The second-order valence-corrected chi connectivity index (χ2v) is 5.81. The molecule has 1 N–H and O–H groups in total. The SMILES string of the molecule is COc1ccc(N[C@@H](C)c2nc(-c3cccs3)no2)c(OC)c1. The van der Waals surface area contributed by atoms with Gasteiger partial charge in [-0.05, 0) is 30.5 Å². The van der Waals surface area contributed by atoms with E-state index in [-0.39, 0.29) is 6.04 Å². The van der Waals surface area contributed by atoms with Crippen LogP contribution in [0.5, 0.6) is 11.5 Å². The number of ether oxygens (including phenoxy) is 2. The number of anilines is 1. The molecular weight excluding hydrogens is 314 g/mol. The van der Waals surface area contributed by atoms with Crippen LogP contribution in [0.25, 0.3) is 10.7 Å². The summed E-state index contributed by atoms with van der Waals surface area (Å²) in [6.07, 6.45) is 0. The molecule has 0 aliphatic carbocycles. The van der Waals surface area contributed by atoms with E-state index in [0.29, 0.717) is 17.5 Å². The first kappa shape index (κ1) is 15.4. The van der Waals surface area contributed by atoms with Crippen LogP contribution in [0.1, 0.15) is 18.9 Å². The first-order valence-corrected chi connectivity index (χ1v) is 7.95. The van der Waals surface area contributed by atoms with Crippen molar-refractivity contribution in [2.45, 2.75) is 13.0 Å². The molecule has 120 valence electrons. The van der Waals surface area contributed by atoms with Crippen molar-refractivity contribution in [3.63, 3.8) is 0 Å². The number of nitrogens with one attached hydrogen (secondary N) is 1. The van der Waals surface area contributed by atoms with Crippen molar-refractivity contribution < 1.29 is 14.0 Å². The Bertz CT molecular complexity index is 771. The summed E-state index contributed by atoms with van der Waals surface area (Å²) in [5.41, 5.74) is 0.830. The fourth-order valence-corrected chi connectivity index (χ4v) is 2.78. The molecule has 1 atom stereocenters. The van der Waals surface area contributed by atoms with Gasteiger partial charge in [-0.15, -0.1) is 11.3 Å². The normalized spacial score (nSPS) is 12.0. The third-order valence-corrected chi connectivity index (χ3v) is 4.20. The number of benzene rings is 1. The highest BCUT2D eigenvalue weighted by Gasteiger charge is 2.17. The predicted molar refractivity (Wildman–Crippen MR) is 89.2 cm³/mol. The lowest BCUT2D eigenvalue weighted by Crippen LogP contribution is -2.08. The Morgan fingerprint density at radius 2 is 2.09 bits per heavy atom. The van der Waals surface area contributed by atoms with Crippen molar-refractivity contribution in [1.29, 1.82) is 0 Å². The minimum absolute atomic E-state index is 0.154. The summed E-state index contributed by atoms with van der Waals surface area (Å²) in [4.78, 5) is 5.42. The summed E-state index contributed by atoms with van der Waals surface area (Å²) in [6.45, 7) is 1.95. The molecule has 3 aromatic rings. The van der Waals surface area contributed by atoms with E-state index in [9.17, 15) is 0 Å². The lowest BCUT2D eigenvalue weighted by Gasteiger charge is -2.15. The van der Waals surface area contributed by atoms with Crippen LogP contribution in [0.2, 0.25) is 0 Å². The van der Waals surface area contributed by atoms with Gasteiger partial charge in [0.15, 0.2) is 0 Å². The molecule has 23 heavy (non-hydrogen) atoms. The topological polar surface area (TPSA) is 69.4 Å². The summed E-state index contributed by atoms with van der Waals surface area (Å²) >= 11 is 1.58. The summed E-state index contributed by atoms with van der Waals surface area (Å²) in [5, 5.41) is 9.32. The quantitative estimate of drug-likeness (QED) is 0.736. The molecule has 2 heterocycles. The molecule has 7 heteroatoms. The van der Waals surface area contributed by atoms with Crippen LogP contribution in [0, 0.1) is 0 Å². The van der Waals surface area contributed by atoms with Crippen LogP contribution < -0.4 is 14.8 Å². The summed E-state index contributed by atoms with van der Waals surface area (Å²) in [7, 11) is 3.24. The number of rotatable bonds is 6. The van der Waals surface area contributed by atoms with E-state index in [1.165, 1.54) is 0 Å². The molecule has 0 saturated carbocycles. The predicted octanol–water partition coefficient (Wildman–Crippen LogP) is 3.99. The maximum Gasteiger partial charge on any atom is 0.249 e. The number of nitrogens with zero attached hydrogens (tertiary/aromatic N) is 2. The van der Waals surface area contributed by atoms with Gasteiger partial charge in [-0.3, -0.25) is 0 Å². The van der Waals surface area contributed by atoms with E-state index < -0.39 is 0 Å². The molecule has 1 aromatic carbocycles. The van der Waals surface area contributed by atoms with Crippen molar-refractivity contribution in [3.05, 3.63) is 41.6 Å². The van der Waals surface area contributed by atoms with E-state index in [4.69, 9.17) is 14.0 Å². The van der Waals surface area contributed by atoms with Gasteiger partial charge in [0.05, 0.1) is 24.8 Å². The minimum Gasteiger partial charge on any atom is -0.497 e. The van der Waals surface area contributed by atoms with Gasteiger partial charge < -0.3 is 19.3 Å². The van der Waals surface area contributed by atoms with E-state index >= 15 is 0 Å². The standard InChI is InChI=1S/C16H17N3O3S/c1-10(16-18-15(19-22-16)14-5-4-8-23-14)17-12-7-6-11(20-2)9-13(12)21-3/h4-10,17H,1-3H3/t10-/m0/s1. The molecule has 0 unspecified atom stereocenters. The van der Waals surface area contributed by atoms with E-state index in [1.54, 1.807) is 25.6 Å². The Hall–Kier alpha value is -2.54. The van der Waals surface area contributed by atoms with Gasteiger partial charge in [0.25, 0.3) is 0 Å². The minimum atomic E-state index is -0.154. The Kier molecular flexibility index (Phi) is 4.47. The molecule has 0 fully saturated rings. The van der Waals surface area contributed by atoms with E-state index in [1.807, 2.05) is 42.6 Å². The maximum absolute atomic E-state index is 5.38. The Balaban J connectivity index is 1.78. The van der Waals surface area contributed by atoms with Crippen molar-refractivity contribution in [3.8, 4) is 22.2 Å². The number of methoxy groups -OCH3 is 2. The zero-order valence-corrected chi connectivity index (χ0v) is 13.9. The maximum atomic E-state index is 5.38. The van der Waals surface area contributed by atoms with Crippen LogP contribution in [-0.4, -0.2) is 24.4 Å². The molecule has 0 aliphatic rings. The van der Waals surface area contributed by atoms with Gasteiger partial charge in [-0.25, -0.2) is 0 Å². The molecular formula is C16H17N3O3S. The summed E-state index contributed by atoms with van der Waals surface area (Å²) in [5.74, 6) is 2.55. The summed E-state index contributed by atoms with van der Waals surface area (Å²) in [6, 6.07) is 9.34. The van der Waals surface area contributed by atoms with Crippen LogP contribution >= 0.6 is 11.3 Å². The molecule has 0 aliphatic heterocycles. The third-order valence-electron chi connectivity index (χ3n) is 3.33. The molecule has 0 spiro atoms. The zero-order chi connectivity index (χ0) is 16.2. The summed E-state index contributed by atoms with van der Waals surface area (Å²) < 4.78 is 15.9. The molecule has 0 amide bonds. The van der Waals surface area contributed by atoms with Gasteiger partial charge >= 0.3 is 0 Å². The highest BCUT2D eigenvalue weighted by atomic mass is 32.1. The van der Waals surface area contributed by atoms with Gasteiger partial charge in [0.1, 0.15) is 17.5 Å². The van der Waals surface area contributed by atoms with E-state index in [0.717, 1.165) is 16.3 Å². The number of hydrogen-bond donors (Lipinski definition) is 1. The van der Waals surface area contributed by atoms with Crippen LogP contribution in [0.3, 0.4) is 0 Å². The smallest absolute Gasteiger partial charge is 0.249 e. The Morgan fingerprint density at radius 1 is 1.22 bits per heavy atom. The average Bonchev–Trinajstić information content (AvgIpc) is 3.26. The van der Waals surface area contributed by atoms with Crippen LogP contribution in [-0.2, 0) is 0 Å². The Morgan fingerprint density at radius 3 is 2.78 bits per heavy atom. The van der Waals surface area contributed by atoms with Gasteiger partial charge in [-0.2, -0.15) is 4.98 Å².